The number of Topliss-reactive ketones (excluding diaryl/α,β-unsaturated/α-hetero) is 1. The smallest absolute Gasteiger partial charge is 0.317 e. The van der Waals surface area contributed by atoms with Crippen molar-refractivity contribution < 1.29 is 34.5 Å². The third kappa shape index (κ3) is 14.8. The van der Waals surface area contributed by atoms with E-state index in [2.05, 4.69) is 0 Å². The molecule has 0 aliphatic rings. The molecule has 0 saturated heterocycles. The maximum Gasteiger partial charge on any atom is 0.317 e. The largest absolute Gasteiger partial charge is 0.480 e. The molecule has 0 heterocycles. The van der Waals surface area contributed by atoms with Gasteiger partial charge in [-0.3, -0.25) is 33.9 Å². The van der Waals surface area contributed by atoms with E-state index >= 15 is 0 Å². The minimum absolute atomic E-state index is 0.0190. The van der Waals surface area contributed by atoms with Crippen molar-refractivity contribution in [1.82, 2.24) is 14.7 Å². The van der Waals surface area contributed by atoms with Gasteiger partial charge in [0.05, 0.1) is 26.2 Å². The molecule has 0 aromatic carbocycles. The summed E-state index contributed by atoms with van der Waals surface area (Å²) in [4.78, 5) is 49.1. The van der Waals surface area contributed by atoms with E-state index in [1.807, 2.05) is 6.92 Å². The molecule has 0 aliphatic heterocycles. The van der Waals surface area contributed by atoms with Crippen LogP contribution in [0, 0.1) is 0 Å². The molecule has 0 unspecified atom stereocenters. The van der Waals surface area contributed by atoms with Crippen molar-refractivity contribution >= 4 is 23.7 Å². The van der Waals surface area contributed by atoms with Gasteiger partial charge in [0.25, 0.3) is 0 Å². The van der Waals surface area contributed by atoms with Crippen LogP contribution < -0.4 is 0 Å². The number of aliphatic carboxylic acids is 3. The van der Waals surface area contributed by atoms with Gasteiger partial charge in [-0.15, -0.1) is 0 Å². The fraction of sp³-hybridized carbons (Fsp3) is 0.765. The Morgan fingerprint density at radius 2 is 1.00 bits per heavy atom. The predicted molar refractivity (Wildman–Crippen MR) is 97.8 cm³/mol. The van der Waals surface area contributed by atoms with Crippen LogP contribution in [-0.4, -0.2) is 113 Å². The van der Waals surface area contributed by atoms with E-state index in [0.29, 0.717) is 19.6 Å². The van der Waals surface area contributed by atoms with E-state index < -0.39 is 17.9 Å². The number of carbonyl (C=O) groups is 4. The van der Waals surface area contributed by atoms with E-state index in [0.717, 1.165) is 12.8 Å². The monoisotopic (exact) mass is 389 g/mol. The molecule has 0 atom stereocenters. The van der Waals surface area contributed by atoms with Crippen LogP contribution in [0.25, 0.3) is 0 Å². The van der Waals surface area contributed by atoms with Crippen LogP contribution in [0.3, 0.4) is 0 Å². The van der Waals surface area contributed by atoms with E-state index in [1.54, 1.807) is 9.80 Å². The molecule has 0 aliphatic carbocycles. The van der Waals surface area contributed by atoms with Crippen molar-refractivity contribution in [3.63, 3.8) is 0 Å². The number of hydrogen-bond acceptors (Lipinski definition) is 7. The fourth-order valence-corrected chi connectivity index (χ4v) is 2.59. The first kappa shape index (κ1) is 25.0. The van der Waals surface area contributed by atoms with Gasteiger partial charge < -0.3 is 15.3 Å². The Balaban J connectivity index is 4.77. The zero-order valence-electron chi connectivity index (χ0n) is 16.1. The predicted octanol–water partition coefficient (Wildman–Crippen LogP) is -0.465. The number of unbranched alkanes of at least 4 members (excludes halogenated alkanes) is 1. The van der Waals surface area contributed by atoms with Gasteiger partial charge in [0.1, 0.15) is 5.78 Å². The van der Waals surface area contributed by atoms with Crippen LogP contribution in [0.15, 0.2) is 0 Å². The summed E-state index contributed by atoms with van der Waals surface area (Å²) in [6.07, 6.45) is 1.77. The highest BCUT2D eigenvalue weighted by Crippen LogP contribution is 1.99. The van der Waals surface area contributed by atoms with E-state index in [9.17, 15) is 19.2 Å². The molecule has 0 fully saturated rings. The fourth-order valence-electron chi connectivity index (χ4n) is 2.59. The van der Waals surface area contributed by atoms with Crippen LogP contribution in [0.1, 0.15) is 26.7 Å². The van der Waals surface area contributed by atoms with Crippen LogP contribution >= 0.6 is 0 Å². The molecule has 0 aromatic rings. The Kier molecular flexibility index (Phi) is 13.0. The average molecular weight is 389 g/mol. The summed E-state index contributed by atoms with van der Waals surface area (Å²) >= 11 is 0. The number of carbonyl (C=O) groups excluding carboxylic acids is 1. The topological polar surface area (TPSA) is 139 Å². The number of hydrogen-bond donors (Lipinski definition) is 3. The first-order valence-electron chi connectivity index (χ1n) is 8.95. The minimum Gasteiger partial charge on any atom is -0.480 e. The first-order valence-corrected chi connectivity index (χ1v) is 8.95. The SMILES string of the molecule is CCCCN(CCN(CCN(CC(C)=O)CC(=O)O)CC(=O)O)CC(=O)O. The van der Waals surface area contributed by atoms with Crippen LogP contribution in [0.5, 0.6) is 0 Å². The Bertz CT molecular complexity index is 483. The van der Waals surface area contributed by atoms with Crippen molar-refractivity contribution in [3.8, 4) is 0 Å². The number of rotatable bonds is 17. The van der Waals surface area contributed by atoms with Crippen LogP contribution in [0.2, 0.25) is 0 Å². The third-order valence-electron chi connectivity index (χ3n) is 3.82. The van der Waals surface area contributed by atoms with Crippen LogP contribution in [-0.2, 0) is 19.2 Å². The van der Waals surface area contributed by atoms with E-state index in [4.69, 9.17) is 15.3 Å². The maximum atomic E-state index is 11.3. The number of carboxylic acid groups (broad SMARTS) is 3. The molecule has 0 spiro atoms. The van der Waals surface area contributed by atoms with E-state index in [1.165, 1.54) is 11.8 Å². The standard InChI is InChI=1S/C17H31N3O7/c1-3-4-5-18(11-15(22)23)6-7-19(12-16(24)25)8-9-20(10-14(2)21)13-17(26)27/h3-13H2,1-2H3,(H,22,23)(H,24,25)(H,26,27). The molecule has 10 nitrogen and oxygen atoms in total. The summed E-state index contributed by atoms with van der Waals surface area (Å²) in [7, 11) is 0. The second-order valence-electron chi connectivity index (χ2n) is 6.50. The van der Waals surface area contributed by atoms with Gasteiger partial charge in [0.2, 0.25) is 0 Å². The third-order valence-corrected chi connectivity index (χ3v) is 3.82. The lowest BCUT2D eigenvalue weighted by Crippen LogP contribution is -2.44. The molecule has 3 N–H and O–H groups in total. The normalized spacial score (nSPS) is 11.3. The number of nitrogens with zero attached hydrogens (tertiary/aromatic N) is 3. The Morgan fingerprint density at radius 1 is 0.630 bits per heavy atom. The molecule has 0 rings (SSSR count). The second kappa shape index (κ2) is 14.1. The van der Waals surface area contributed by atoms with Crippen molar-refractivity contribution in [2.45, 2.75) is 26.7 Å². The Hall–Kier alpha value is -2.04. The molecule has 0 aromatic heterocycles. The maximum absolute atomic E-state index is 11.3. The lowest BCUT2D eigenvalue weighted by molar-refractivity contribution is -0.140. The average Bonchev–Trinajstić information content (AvgIpc) is 2.52. The summed E-state index contributed by atoms with van der Waals surface area (Å²) < 4.78 is 0. The highest BCUT2D eigenvalue weighted by Gasteiger charge is 2.17. The molecule has 27 heavy (non-hydrogen) atoms. The van der Waals surface area contributed by atoms with Crippen molar-refractivity contribution in [3.05, 3.63) is 0 Å². The van der Waals surface area contributed by atoms with Crippen molar-refractivity contribution in [1.29, 1.82) is 0 Å². The summed E-state index contributed by atoms with van der Waals surface area (Å²) in [5, 5.41) is 27.0. The van der Waals surface area contributed by atoms with Gasteiger partial charge >= 0.3 is 17.9 Å². The Labute approximate surface area is 159 Å². The summed E-state index contributed by atoms with van der Waals surface area (Å²) in [6.45, 7) is 4.52. The molecular formula is C17H31N3O7. The van der Waals surface area contributed by atoms with Gasteiger partial charge in [-0.25, -0.2) is 0 Å². The highest BCUT2D eigenvalue weighted by atomic mass is 16.4. The molecule has 0 amide bonds. The van der Waals surface area contributed by atoms with Crippen LogP contribution in [0.4, 0.5) is 0 Å². The summed E-state index contributed by atoms with van der Waals surface area (Å²) in [5.41, 5.74) is 0. The summed E-state index contributed by atoms with van der Waals surface area (Å²) in [5.74, 6) is -3.20. The molecular weight excluding hydrogens is 358 g/mol. The van der Waals surface area contributed by atoms with Crippen molar-refractivity contribution in [2.24, 2.45) is 0 Å². The lowest BCUT2D eigenvalue weighted by atomic mass is 10.3. The highest BCUT2D eigenvalue weighted by molar-refractivity contribution is 5.78. The summed E-state index contributed by atoms with van der Waals surface area (Å²) in [6, 6.07) is 0. The van der Waals surface area contributed by atoms with Gasteiger partial charge in [0, 0.05) is 26.2 Å². The number of carboxylic acids is 3. The minimum atomic E-state index is -1.06. The van der Waals surface area contributed by atoms with Crippen molar-refractivity contribution in [2.75, 3.05) is 58.9 Å². The quantitative estimate of drug-likeness (QED) is 0.299. The molecule has 0 bridgehead atoms. The van der Waals surface area contributed by atoms with Gasteiger partial charge in [0.15, 0.2) is 0 Å². The van der Waals surface area contributed by atoms with E-state index in [-0.39, 0.29) is 45.1 Å². The molecule has 10 heteroatoms. The van der Waals surface area contributed by atoms with Gasteiger partial charge in [-0.05, 0) is 19.9 Å². The first-order chi connectivity index (χ1) is 12.6. The lowest BCUT2D eigenvalue weighted by Gasteiger charge is -2.28. The zero-order valence-corrected chi connectivity index (χ0v) is 16.1. The Morgan fingerprint density at radius 3 is 1.37 bits per heavy atom. The second-order valence-corrected chi connectivity index (χ2v) is 6.50. The van der Waals surface area contributed by atoms with Gasteiger partial charge in [-0.1, -0.05) is 13.3 Å². The molecule has 0 saturated carbocycles. The zero-order chi connectivity index (χ0) is 20.8. The molecule has 0 radical (unpaired) electrons. The molecule has 156 valence electrons. The number of ketones is 1. The van der Waals surface area contributed by atoms with Gasteiger partial charge in [-0.2, -0.15) is 0 Å².